The minimum absolute atomic E-state index is 0.307. The van der Waals surface area contributed by atoms with Gasteiger partial charge in [-0.1, -0.05) is 0 Å². The van der Waals surface area contributed by atoms with E-state index in [0.717, 1.165) is 31.6 Å². The van der Waals surface area contributed by atoms with Gasteiger partial charge in [-0.25, -0.2) is 14.3 Å². The van der Waals surface area contributed by atoms with Gasteiger partial charge in [0.25, 0.3) is 0 Å². The molecule has 20 heavy (non-hydrogen) atoms. The van der Waals surface area contributed by atoms with E-state index in [-0.39, 0.29) is 0 Å². The fourth-order valence-corrected chi connectivity index (χ4v) is 2.54. The topological polar surface area (TPSA) is 68.5 Å². The number of esters is 1. The van der Waals surface area contributed by atoms with Crippen molar-refractivity contribution in [2.45, 2.75) is 25.7 Å². The number of hydrogen-bond donors (Lipinski definition) is 1. The first-order valence-corrected chi connectivity index (χ1v) is 7.02. The van der Waals surface area contributed by atoms with Gasteiger partial charge in [-0.2, -0.15) is 5.10 Å². The molecule has 0 spiro atoms. The van der Waals surface area contributed by atoms with Crippen LogP contribution in [-0.4, -0.2) is 40.3 Å². The fraction of sp³-hybridized carbons (Fsp3) is 0.500. The summed E-state index contributed by atoms with van der Waals surface area (Å²) in [5, 5.41) is 7.93. The van der Waals surface area contributed by atoms with Crippen molar-refractivity contribution in [2.75, 3.05) is 19.7 Å². The van der Waals surface area contributed by atoms with Crippen LogP contribution >= 0.6 is 0 Å². The first-order valence-electron chi connectivity index (χ1n) is 7.02. The Hall–Kier alpha value is -1.95. The Bertz CT molecular complexity index is 617. The average Bonchev–Trinajstić information content (AvgIpc) is 2.91. The number of nitrogens with zero attached hydrogens (tertiary/aromatic N) is 3. The van der Waals surface area contributed by atoms with Crippen molar-refractivity contribution in [3.8, 4) is 0 Å². The Kier molecular flexibility index (Phi) is 3.64. The predicted octanol–water partition coefficient (Wildman–Crippen LogP) is 1.37. The molecular weight excluding hydrogens is 256 g/mol. The van der Waals surface area contributed by atoms with Gasteiger partial charge in [-0.3, -0.25) is 0 Å². The van der Waals surface area contributed by atoms with Gasteiger partial charge in [0.1, 0.15) is 0 Å². The Morgan fingerprint density at radius 3 is 3.00 bits per heavy atom. The molecule has 0 amide bonds. The van der Waals surface area contributed by atoms with E-state index in [9.17, 15) is 4.79 Å². The van der Waals surface area contributed by atoms with E-state index in [4.69, 9.17) is 4.74 Å². The lowest BCUT2D eigenvalue weighted by Gasteiger charge is -2.21. The number of aromatic nitrogens is 3. The minimum atomic E-state index is -0.401. The van der Waals surface area contributed by atoms with Crippen molar-refractivity contribution >= 4 is 11.6 Å². The average molecular weight is 274 g/mol. The summed E-state index contributed by atoms with van der Waals surface area (Å²) in [6.07, 6.45) is 3.83. The normalized spacial score (nSPS) is 16.4. The third kappa shape index (κ3) is 2.51. The lowest BCUT2D eigenvalue weighted by Crippen LogP contribution is -2.27. The number of ether oxygens (including phenoxy) is 1. The Labute approximate surface area is 117 Å². The molecule has 1 saturated heterocycles. The van der Waals surface area contributed by atoms with Gasteiger partial charge in [0.05, 0.1) is 18.5 Å². The summed E-state index contributed by atoms with van der Waals surface area (Å²) >= 11 is 0. The molecule has 0 aliphatic carbocycles. The van der Waals surface area contributed by atoms with E-state index in [0.29, 0.717) is 23.9 Å². The molecule has 1 N–H and O–H groups in total. The number of carbonyl (C=O) groups is 1. The highest BCUT2D eigenvalue weighted by Gasteiger charge is 2.18. The second-order valence-corrected chi connectivity index (χ2v) is 4.93. The monoisotopic (exact) mass is 274 g/mol. The third-order valence-corrected chi connectivity index (χ3v) is 3.58. The molecule has 1 aliphatic heterocycles. The van der Waals surface area contributed by atoms with Crippen LogP contribution in [-0.2, 0) is 4.74 Å². The molecule has 1 aliphatic rings. The van der Waals surface area contributed by atoms with E-state index in [1.54, 1.807) is 17.6 Å². The van der Waals surface area contributed by atoms with Crippen LogP contribution in [0, 0.1) is 0 Å². The molecule has 6 heteroatoms. The molecule has 0 atom stereocenters. The highest BCUT2D eigenvalue weighted by atomic mass is 16.5. The van der Waals surface area contributed by atoms with Crippen LogP contribution in [0.1, 0.15) is 41.9 Å². The van der Waals surface area contributed by atoms with Crippen LogP contribution in [0.5, 0.6) is 0 Å². The maximum Gasteiger partial charge on any atom is 0.358 e. The predicted molar refractivity (Wildman–Crippen MR) is 73.8 cm³/mol. The summed E-state index contributed by atoms with van der Waals surface area (Å²) in [6, 6.07) is 3.92. The first kappa shape index (κ1) is 13.1. The molecule has 3 rings (SSSR count). The summed E-state index contributed by atoms with van der Waals surface area (Å²) in [4.78, 5) is 15.9. The molecule has 0 unspecified atom stereocenters. The largest absolute Gasteiger partial charge is 0.461 e. The Morgan fingerprint density at radius 1 is 1.45 bits per heavy atom. The Morgan fingerprint density at radius 2 is 2.25 bits per heavy atom. The van der Waals surface area contributed by atoms with Crippen molar-refractivity contribution in [3.63, 3.8) is 0 Å². The van der Waals surface area contributed by atoms with Gasteiger partial charge in [0, 0.05) is 5.92 Å². The maximum absolute atomic E-state index is 11.7. The number of piperidine rings is 1. The van der Waals surface area contributed by atoms with Crippen molar-refractivity contribution in [3.05, 3.63) is 29.7 Å². The van der Waals surface area contributed by atoms with Crippen LogP contribution in [0.25, 0.3) is 5.65 Å². The zero-order chi connectivity index (χ0) is 13.9. The van der Waals surface area contributed by atoms with E-state index >= 15 is 0 Å². The number of imidazole rings is 1. The number of fused-ring (bicyclic) bond motifs is 1. The molecule has 106 valence electrons. The van der Waals surface area contributed by atoms with Crippen LogP contribution in [0.4, 0.5) is 0 Å². The van der Waals surface area contributed by atoms with Crippen LogP contribution in [0.15, 0.2) is 18.3 Å². The van der Waals surface area contributed by atoms with Crippen molar-refractivity contribution in [1.29, 1.82) is 0 Å². The van der Waals surface area contributed by atoms with E-state index < -0.39 is 5.97 Å². The van der Waals surface area contributed by atoms with Gasteiger partial charge < -0.3 is 10.1 Å². The lowest BCUT2D eigenvalue weighted by atomic mass is 9.94. The summed E-state index contributed by atoms with van der Waals surface area (Å²) in [5.74, 6) is 0.0792. The molecule has 6 nitrogen and oxygen atoms in total. The molecule has 3 heterocycles. The van der Waals surface area contributed by atoms with E-state index in [2.05, 4.69) is 15.4 Å². The number of hydrogen-bond acceptors (Lipinski definition) is 5. The highest BCUT2D eigenvalue weighted by Crippen LogP contribution is 2.23. The zero-order valence-electron chi connectivity index (χ0n) is 11.5. The molecular formula is C14H18N4O2. The molecule has 2 aromatic heterocycles. The second kappa shape index (κ2) is 5.58. The van der Waals surface area contributed by atoms with Gasteiger partial charge in [0.15, 0.2) is 11.3 Å². The van der Waals surface area contributed by atoms with Crippen molar-refractivity contribution in [1.82, 2.24) is 19.9 Å². The van der Waals surface area contributed by atoms with Gasteiger partial charge in [-0.05, 0) is 45.0 Å². The molecule has 0 aromatic carbocycles. The molecule has 2 aromatic rings. The third-order valence-electron chi connectivity index (χ3n) is 3.58. The SMILES string of the molecule is CCOC(=O)c1cn2nc(C3CCNCC3)ccc2n1. The molecule has 0 radical (unpaired) electrons. The smallest absolute Gasteiger partial charge is 0.358 e. The summed E-state index contributed by atoms with van der Waals surface area (Å²) in [6.45, 7) is 4.19. The zero-order valence-corrected chi connectivity index (χ0v) is 11.5. The van der Waals surface area contributed by atoms with E-state index in [1.165, 1.54) is 0 Å². The summed E-state index contributed by atoms with van der Waals surface area (Å²) in [5.41, 5.74) is 2.04. The Balaban J connectivity index is 1.88. The number of carbonyl (C=O) groups excluding carboxylic acids is 1. The minimum Gasteiger partial charge on any atom is -0.461 e. The maximum atomic E-state index is 11.7. The van der Waals surface area contributed by atoms with Crippen molar-refractivity contribution in [2.24, 2.45) is 0 Å². The van der Waals surface area contributed by atoms with E-state index in [1.807, 2.05) is 12.1 Å². The molecule has 0 bridgehead atoms. The van der Waals surface area contributed by atoms with Gasteiger partial charge in [-0.15, -0.1) is 0 Å². The van der Waals surface area contributed by atoms with Crippen LogP contribution < -0.4 is 5.32 Å². The fourth-order valence-electron chi connectivity index (χ4n) is 2.54. The molecule has 1 fully saturated rings. The first-order chi connectivity index (χ1) is 9.78. The van der Waals surface area contributed by atoms with Crippen LogP contribution in [0.2, 0.25) is 0 Å². The summed E-state index contributed by atoms with van der Waals surface area (Å²) < 4.78 is 6.62. The standard InChI is InChI=1S/C14H18N4O2/c1-2-20-14(19)12-9-18-13(16-12)4-3-11(17-18)10-5-7-15-8-6-10/h3-4,9-10,15H,2,5-8H2,1H3. The highest BCUT2D eigenvalue weighted by molar-refractivity contribution is 5.87. The van der Waals surface area contributed by atoms with Gasteiger partial charge >= 0.3 is 5.97 Å². The van der Waals surface area contributed by atoms with Crippen LogP contribution in [0.3, 0.4) is 0 Å². The number of rotatable bonds is 3. The molecule has 0 saturated carbocycles. The summed E-state index contributed by atoms with van der Waals surface area (Å²) in [7, 11) is 0. The number of nitrogens with one attached hydrogen (secondary N) is 1. The van der Waals surface area contributed by atoms with Gasteiger partial charge in [0.2, 0.25) is 0 Å². The second-order valence-electron chi connectivity index (χ2n) is 4.93. The van der Waals surface area contributed by atoms with Crippen molar-refractivity contribution < 1.29 is 9.53 Å². The lowest BCUT2D eigenvalue weighted by molar-refractivity contribution is 0.0520. The quantitative estimate of drug-likeness (QED) is 0.856.